The van der Waals surface area contributed by atoms with E-state index >= 15 is 0 Å². The number of anilines is 1. The summed E-state index contributed by atoms with van der Waals surface area (Å²) in [6.07, 6.45) is 4.07. The van der Waals surface area contributed by atoms with Crippen molar-refractivity contribution < 1.29 is 0 Å². The first-order chi connectivity index (χ1) is 5.86. The first-order valence-corrected chi connectivity index (χ1v) is 4.18. The first-order valence-electron chi connectivity index (χ1n) is 4.18. The predicted octanol–water partition coefficient (Wildman–Crippen LogP) is 1.33. The minimum atomic E-state index is 0. The minimum absolute atomic E-state index is 0. The average molecular weight is 237 g/mol. The lowest BCUT2D eigenvalue weighted by atomic mass is 10.1. The highest BCUT2D eigenvalue weighted by Crippen LogP contribution is 2.20. The third-order valence-electron chi connectivity index (χ3n) is 2.11. The molecule has 1 aromatic heterocycles. The van der Waals surface area contributed by atoms with Crippen LogP contribution < -0.4 is 11.1 Å². The van der Waals surface area contributed by atoms with Crippen LogP contribution in [0.5, 0.6) is 0 Å². The number of nitrogens with one attached hydrogen (secondary N) is 1. The summed E-state index contributed by atoms with van der Waals surface area (Å²) in [5, 5.41) is 3.35. The Morgan fingerprint density at radius 2 is 2.21 bits per heavy atom. The Kier molecular flexibility index (Phi) is 5.76. The normalized spacial score (nSPS) is 19.6. The Bertz CT molecular complexity index is 276. The minimum Gasteiger partial charge on any atom is -0.368 e. The van der Waals surface area contributed by atoms with E-state index in [0.29, 0.717) is 12.0 Å². The van der Waals surface area contributed by atoms with Crippen LogP contribution in [0, 0.1) is 0 Å². The number of nitrogen functional groups attached to an aromatic ring is 1. The van der Waals surface area contributed by atoms with Crippen LogP contribution in [0.25, 0.3) is 0 Å². The van der Waals surface area contributed by atoms with Crippen molar-refractivity contribution in [1.82, 2.24) is 15.3 Å². The van der Waals surface area contributed by atoms with Gasteiger partial charge in [-0.1, -0.05) is 0 Å². The van der Waals surface area contributed by atoms with Crippen LogP contribution in [0.15, 0.2) is 12.3 Å². The van der Waals surface area contributed by atoms with E-state index in [1.54, 1.807) is 6.20 Å². The molecule has 0 radical (unpaired) electrons. The van der Waals surface area contributed by atoms with Gasteiger partial charge in [-0.25, -0.2) is 9.97 Å². The molecule has 1 atom stereocenters. The number of hydrogen-bond donors (Lipinski definition) is 2. The van der Waals surface area contributed by atoms with Gasteiger partial charge in [-0.3, -0.25) is 0 Å². The van der Waals surface area contributed by atoms with Gasteiger partial charge in [0.25, 0.3) is 0 Å². The monoisotopic (exact) mass is 236 g/mol. The Labute approximate surface area is 95.5 Å². The van der Waals surface area contributed by atoms with Gasteiger partial charge in [-0.2, -0.15) is 0 Å². The van der Waals surface area contributed by atoms with Gasteiger partial charge < -0.3 is 11.1 Å². The number of nitrogens with zero attached hydrogens (tertiary/aromatic N) is 2. The first kappa shape index (κ1) is 13.4. The fourth-order valence-corrected chi connectivity index (χ4v) is 1.52. The Balaban J connectivity index is 0.000000845. The molecule has 0 aliphatic carbocycles. The summed E-state index contributed by atoms with van der Waals surface area (Å²) in [5.41, 5.74) is 6.49. The highest BCUT2D eigenvalue weighted by atomic mass is 35.5. The van der Waals surface area contributed by atoms with Crippen molar-refractivity contribution >= 4 is 30.8 Å². The molecule has 6 heteroatoms. The van der Waals surface area contributed by atoms with Crippen molar-refractivity contribution in [3.8, 4) is 0 Å². The number of aromatic nitrogens is 2. The third-order valence-corrected chi connectivity index (χ3v) is 2.11. The quantitative estimate of drug-likeness (QED) is 0.773. The topological polar surface area (TPSA) is 63.8 Å². The number of nitrogens with two attached hydrogens (primary N) is 1. The van der Waals surface area contributed by atoms with Crippen LogP contribution >= 0.6 is 24.8 Å². The summed E-state index contributed by atoms with van der Waals surface area (Å²) in [4.78, 5) is 8.01. The molecule has 2 heterocycles. The molecule has 1 saturated heterocycles. The van der Waals surface area contributed by atoms with E-state index in [1.165, 1.54) is 6.42 Å². The molecular weight excluding hydrogens is 223 g/mol. The molecule has 3 N–H and O–H groups in total. The van der Waals surface area contributed by atoms with Gasteiger partial charge >= 0.3 is 0 Å². The SMILES string of the molecule is Cl.Cl.Nc1nccc(C2CCCN2)n1. The predicted molar refractivity (Wildman–Crippen MR) is 60.9 cm³/mol. The van der Waals surface area contributed by atoms with Gasteiger partial charge in [0, 0.05) is 12.2 Å². The largest absolute Gasteiger partial charge is 0.368 e. The number of rotatable bonds is 1. The lowest BCUT2D eigenvalue weighted by Crippen LogP contribution is -2.15. The smallest absolute Gasteiger partial charge is 0.220 e. The van der Waals surface area contributed by atoms with E-state index in [-0.39, 0.29) is 24.8 Å². The molecular formula is C8H14Cl2N4. The van der Waals surface area contributed by atoms with Crippen molar-refractivity contribution in [3.63, 3.8) is 0 Å². The van der Waals surface area contributed by atoms with Crippen molar-refractivity contribution in [3.05, 3.63) is 18.0 Å². The molecule has 4 nitrogen and oxygen atoms in total. The second-order valence-electron chi connectivity index (χ2n) is 2.99. The zero-order chi connectivity index (χ0) is 8.39. The summed E-state index contributed by atoms with van der Waals surface area (Å²) in [5.74, 6) is 0.362. The average Bonchev–Trinajstić information content (AvgIpc) is 2.56. The van der Waals surface area contributed by atoms with E-state index in [0.717, 1.165) is 18.7 Å². The van der Waals surface area contributed by atoms with Crippen molar-refractivity contribution in [2.24, 2.45) is 0 Å². The molecule has 0 amide bonds. The maximum Gasteiger partial charge on any atom is 0.220 e. The third kappa shape index (κ3) is 2.97. The van der Waals surface area contributed by atoms with E-state index in [9.17, 15) is 0 Å². The fourth-order valence-electron chi connectivity index (χ4n) is 1.52. The summed E-state index contributed by atoms with van der Waals surface area (Å²) < 4.78 is 0. The molecule has 0 saturated carbocycles. The van der Waals surface area contributed by atoms with Crippen molar-refractivity contribution in [2.75, 3.05) is 12.3 Å². The lowest BCUT2D eigenvalue weighted by molar-refractivity contribution is 0.627. The fraction of sp³-hybridized carbons (Fsp3) is 0.500. The van der Waals surface area contributed by atoms with Gasteiger partial charge in [-0.15, -0.1) is 24.8 Å². The van der Waals surface area contributed by atoms with Crippen molar-refractivity contribution in [2.45, 2.75) is 18.9 Å². The van der Waals surface area contributed by atoms with Gasteiger partial charge in [0.05, 0.1) is 5.69 Å². The summed E-state index contributed by atoms with van der Waals surface area (Å²) in [7, 11) is 0. The van der Waals surface area contributed by atoms with Crippen LogP contribution in [0.4, 0.5) is 5.95 Å². The standard InChI is InChI=1S/C8H12N4.2ClH/c9-8-11-5-3-7(12-8)6-2-1-4-10-6;;/h3,5-6,10H,1-2,4H2,(H2,9,11,12);2*1H. The van der Waals surface area contributed by atoms with E-state index in [1.807, 2.05) is 6.07 Å². The molecule has 80 valence electrons. The second-order valence-corrected chi connectivity index (χ2v) is 2.99. The van der Waals surface area contributed by atoms with Gasteiger partial charge in [0.2, 0.25) is 5.95 Å². The molecule has 1 aromatic rings. The molecule has 1 aliphatic rings. The number of hydrogen-bond acceptors (Lipinski definition) is 4. The molecule has 1 fully saturated rings. The zero-order valence-corrected chi connectivity index (χ0v) is 9.27. The molecule has 2 rings (SSSR count). The molecule has 0 spiro atoms. The molecule has 1 aliphatic heterocycles. The summed E-state index contributed by atoms with van der Waals surface area (Å²) in [6, 6.07) is 2.30. The molecule has 0 bridgehead atoms. The maximum absolute atomic E-state index is 5.48. The van der Waals surface area contributed by atoms with Crippen LogP contribution in [-0.4, -0.2) is 16.5 Å². The Morgan fingerprint density at radius 1 is 1.43 bits per heavy atom. The zero-order valence-electron chi connectivity index (χ0n) is 7.64. The Hall–Kier alpha value is -0.580. The Morgan fingerprint density at radius 3 is 2.79 bits per heavy atom. The van der Waals surface area contributed by atoms with Gasteiger partial charge in [0.1, 0.15) is 0 Å². The lowest BCUT2D eigenvalue weighted by Gasteiger charge is -2.08. The highest BCUT2D eigenvalue weighted by Gasteiger charge is 2.17. The van der Waals surface area contributed by atoms with Gasteiger partial charge in [0.15, 0.2) is 0 Å². The summed E-state index contributed by atoms with van der Waals surface area (Å²) >= 11 is 0. The summed E-state index contributed by atoms with van der Waals surface area (Å²) in [6.45, 7) is 1.08. The van der Waals surface area contributed by atoms with E-state index in [4.69, 9.17) is 5.73 Å². The maximum atomic E-state index is 5.48. The van der Waals surface area contributed by atoms with E-state index < -0.39 is 0 Å². The highest BCUT2D eigenvalue weighted by molar-refractivity contribution is 5.85. The molecule has 0 aromatic carbocycles. The van der Waals surface area contributed by atoms with Gasteiger partial charge in [-0.05, 0) is 25.5 Å². The molecule has 14 heavy (non-hydrogen) atoms. The van der Waals surface area contributed by atoms with E-state index in [2.05, 4.69) is 15.3 Å². The van der Waals surface area contributed by atoms with Crippen LogP contribution in [-0.2, 0) is 0 Å². The second kappa shape index (κ2) is 6.01. The van der Waals surface area contributed by atoms with Crippen LogP contribution in [0.3, 0.4) is 0 Å². The molecule has 1 unspecified atom stereocenters. The van der Waals surface area contributed by atoms with Crippen molar-refractivity contribution in [1.29, 1.82) is 0 Å². The number of halogens is 2. The van der Waals surface area contributed by atoms with Crippen LogP contribution in [0.1, 0.15) is 24.6 Å². The van der Waals surface area contributed by atoms with Crippen LogP contribution in [0.2, 0.25) is 0 Å².